The molecule has 0 radical (unpaired) electrons. The highest BCUT2D eigenvalue weighted by atomic mass is 16.5. The van der Waals surface area contributed by atoms with Gasteiger partial charge < -0.3 is 14.6 Å². The Morgan fingerprint density at radius 3 is 2.91 bits per heavy atom. The molecule has 1 saturated carbocycles. The van der Waals surface area contributed by atoms with E-state index in [2.05, 4.69) is 11.0 Å². The van der Waals surface area contributed by atoms with Gasteiger partial charge in [0.05, 0.1) is 18.8 Å². The summed E-state index contributed by atoms with van der Waals surface area (Å²) in [4.78, 5) is 2.58. The van der Waals surface area contributed by atoms with E-state index in [-0.39, 0.29) is 11.3 Å². The van der Waals surface area contributed by atoms with Gasteiger partial charge in [-0.3, -0.25) is 4.90 Å². The quantitative estimate of drug-likeness (QED) is 0.853. The molecule has 2 heterocycles. The Bertz CT molecular complexity index is 639. The molecule has 118 valence electrons. The molecule has 2 aliphatic heterocycles. The molecule has 1 aromatic carbocycles. The van der Waals surface area contributed by atoms with Gasteiger partial charge in [-0.15, -0.1) is 0 Å². The molecule has 0 amide bonds. The minimum Gasteiger partial charge on any atom is -0.504 e. The number of hydrogen-bond donors (Lipinski definition) is 1. The predicted molar refractivity (Wildman–Crippen MR) is 84.3 cm³/mol. The Labute approximate surface area is 131 Å². The van der Waals surface area contributed by atoms with Gasteiger partial charge in [0, 0.05) is 26.6 Å². The van der Waals surface area contributed by atoms with E-state index >= 15 is 0 Å². The van der Waals surface area contributed by atoms with Crippen molar-refractivity contribution in [2.24, 2.45) is 0 Å². The van der Waals surface area contributed by atoms with Gasteiger partial charge in [-0.05, 0) is 48.1 Å². The first-order valence-electron chi connectivity index (χ1n) is 8.06. The van der Waals surface area contributed by atoms with Crippen LogP contribution < -0.4 is 4.74 Å². The lowest BCUT2D eigenvalue weighted by molar-refractivity contribution is 0.00916. The molecule has 4 nitrogen and oxygen atoms in total. The maximum atomic E-state index is 10.1. The zero-order valence-electron chi connectivity index (χ0n) is 13.3. The largest absolute Gasteiger partial charge is 0.504 e. The van der Waals surface area contributed by atoms with Crippen molar-refractivity contribution in [1.82, 2.24) is 4.90 Å². The van der Waals surface area contributed by atoms with Crippen molar-refractivity contribution in [3.8, 4) is 11.5 Å². The maximum Gasteiger partial charge on any atom is 0.160 e. The van der Waals surface area contributed by atoms with Crippen molar-refractivity contribution >= 4 is 0 Å². The van der Waals surface area contributed by atoms with Crippen LogP contribution in [0.4, 0.5) is 0 Å². The predicted octanol–water partition coefficient (Wildman–Crippen LogP) is 2.59. The smallest absolute Gasteiger partial charge is 0.160 e. The first-order valence-corrected chi connectivity index (χ1v) is 8.06. The number of phenols is 1. The third-order valence-corrected chi connectivity index (χ3v) is 5.72. The van der Waals surface area contributed by atoms with Crippen molar-refractivity contribution in [2.75, 3.05) is 27.3 Å². The average Bonchev–Trinajstić information content (AvgIpc) is 2.92. The zero-order valence-corrected chi connectivity index (χ0v) is 13.3. The third-order valence-electron chi connectivity index (χ3n) is 5.72. The number of fused-ring (bicyclic) bond motifs is 1. The van der Waals surface area contributed by atoms with Gasteiger partial charge in [-0.2, -0.15) is 0 Å². The summed E-state index contributed by atoms with van der Waals surface area (Å²) in [5, 5.41) is 10.1. The van der Waals surface area contributed by atoms with E-state index in [4.69, 9.17) is 9.47 Å². The second-order valence-electron chi connectivity index (χ2n) is 6.57. The molecule has 1 aliphatic carbocycles. The van der Waals surface area contributed by atoms with Gasteiger partial charge in [0.1, 0.15) is 0 Å². The fourth-order valence-corrected chi connectivity index (χ4v) is 4.62. The van der Waals surface area contributed by atoms with Crippen molar-refractivity contribution < 1.29 is 14.6 Å². The van der Waals surface area contributed by atoms with Crippen molar-refractivity contribution in [2.45, 2.75) is 37.3 Å². The van der Waals surface area contributed by atoms with Crippen LogP contribution in [0.25, 0.3) is 0 Å². The lowest BCUT2D eigenvalue weighted by Crippen LogP contribution is -2.52. The van der Waals surface area contributed by atoms with Crippen LogP contribution in [-0.2, 0) is 16.7 Å². The number of aromatic hydroxyl groups is 1. The van der Waals surface area contributed by atoms with E-state index < -0.39 is 0 Å². The average molecular weight is 301 g/mol. The molecule has 22 heavy (non-hydrogen) atoms. The summed E-state index contributed by atoms with van der Waals surface area (Å²) in [7, 11) is 3.43. The third kappa shape index (κ3) is 1.77. The topological polar surface area (TPSA) is 41.9 Å². The van der Waals surface area contributed by atoms with Crippen LogP contribution in [0.5, 0.6) is 11.5 Å². The van der Waals surface area contributed by atoms with Crippen molar-refractivity contribution in [1.29, 1.82) is 0 Å². The molecule has 4 rings (SSSR count). The number of nitrogens with zero attached hydrogens (tertiary/aromatic N) is 1. The van der Waals surface area contributed by atoms with E-state index in [1.165, 1.54) is 16.7 Å². The lowest BCUT2D eigenvalue weighted by atomic mass is 9.69. The molecule has 4 heteroatoms. The SMILES string of the molecule is COc1cc2c(cc1O)CCN1CC=C3CC[C@@H](OC)C[C@@]321. The highest BCUT2D eigenvalue weighted by Gasteiger charge is 2.51. The molecule has 0 saturated heterocycles. The molecular formula is C18H23NO3. The van der Waals surface area contributed by atoms with Gasteiger partial charge in [-0.1, -0.05) is 6.08 Å². The minimum atomic E-state index is -0.0481. The van der Waals surface area contributed by atoms with E-state index in [9.17, 15) is 5.11 Å². The van der Waals surface area contributed by atoms with Crippen LogP contribution in [-0.4, -0.2) is 43.4 Å². The zero-order chi connectivity index (χ0) is 15.3. The molecule has 3 aliphatic rings. The Hall–Kier alpha value is -1.52. The lowest BCUT2D eigenvalue weighted by Gasteiger charge is -2.50. The highest BCUT2D eigenvalue weighted by molar-refractivity contribution is 5.54. The summed E-state index contributed by atoms with van der Waals surface area (Å²) in [6.07, 6.45) is 6.87. The molecule has 1 aromatic rings. The van der Waals surface area contributed by atoms with Gasteiger partial charge in [0.2, 0.25) is 0 Å². The molecule has 1 spiro atoms. The second-order valence-corrected chi connectivity index (χ2v) is 6.57. The minimum absolute atomic E-state index is 0.0481. The summed E-state index contributed by atoms with van der Waals surface area (Å²) >= 11 is 0. The van der Waals surface area contributed by atoms with Gasteiger partial charge in [-0.25, -0.2) is 0 Å². The number of methoxy groups -OCH3 is 2. The van der Waals surface area contributed by atoms with Crippen LogP contribution >= 0.6 is 0 Å². The molecule has 1 N–H and O–H groups in total. The number of hydrogen-bond acceptors (Lipinski definition) is 4. The molecule has 0 bridgehead atoms. The maximum absolute atomic E-state index is 10.1. The fourth-order valence-electron chi connectivity index (χ4n) is 4.62. The summed E-state index contributed by atoms with van der Waals surface area (Å²) in [5.41, 5.74) is 4.03. The van der Waals surface area contributed by atoms with E-state index in [1.54, 1.807) is 7.11 Å². The highest BCUT2D eigenvalue weighted by Crippen LogP contribution is 2.53. The monoisotopic (exact) mass is 301 g/mol. The standard InChI is InChI=1S/C18H23NO3/c1-21-14-4-3-13-6-8-19-7-5-12-9-16(20)17(22-2)10-15(12)18(13,19)11-14/h6,9-10,14,20H,3-5,7-8,11H2,1-2H3/t14-,18-/m1/s1. The Morgan fingerprint density at radius 1 is 1.27 bits per heavy atom. The van der Waals surface area contributed by atoms with Crippen molar-refractivity contribution in [3.63, 3.8) is 0 Å². The molecule has 0 unspecified atom stereocenters. The van der Waals surface area contributed by atoms with Gasteiger partial charge in [0.25, 0.3) is 0 Å². The van der Waals surface area contributed by atoms with Crippen LogP contribution in [0.2, 0.25) is 0 Å². The first kappa shape index (κ1) is 14.1. The fraction of sp³-hybridized carbons (Fsp3) is 0.556. The Morgan fingerprint density at radius 2 is 2.14 bits per heavy atom. The molecular weight excluding hydrogens is 278 g/mol. The van der Waals surface area contributed by atoms with Crippen molar-refractivity contribution in [3.05, 3.63) is 34.9 Å². The number of rotatable bonds is 2. The molecule has 0 aromatic heterocycles. The van der Waals surface area contributed by atoms with Crippen LogP contribution in [0.1, 0.15) is 30.4 Å². The normalized spacial score (nSPS) is 30.3. The van der Waals surface area contributed by atoms with E-state index in [1.807, 2.05) is 19.2 Å². The number of phenolic OH excluding ortho intramolecular Hbond substituents is 1. The van der Waals surface area contributed by atoms with E-state index in [0.717, 1.165) is 38.8 Å². The summed E-state index contributed by atoms with van der Waals surface area (Å²) < 4.78 is 11.1. The molecule has 2 atom stereocenters. The summed E-state index contributed by atoms with van der Waals surface area (Å²) in [6.45, 7) is 2.06. The van der Waals surface area contributed by atoms with Crippen LogP contribution in [0, 0.1) is 0 Å². The Kier molecular flexibility index (Phi) is 3.20. The summed E-state index contributed by atoms with van der Waals surface area (Å²) in [5.74, 6) is 0.814. The van der Waals surface area contributed by atoms with Gasteiger partial charge >= 0.3 is 0 Å². The van der Waals surface area contributed by atoms with Gasteiger partial charge in [0.15, 0.2) is 11.5 Å². The second kappa shape index (κ2) is 5.00. The number of benzene rings is 1. The first-order chi connectivity index (χ1) is 10.7. The molecule has 1 fully saturated rings. The van der Waals surface area contributed by atoms with Crippen LogP contribution in [0.3, 0.4) is 0 Å². The van der Waals surface area contributed by atoms with E-state index in [0.29, 0.717) is 11.9 Å². The van der Waals surface area contributed by atoms with Crippen LogP contribution in [0.15, 0.2) is 23.8 Å². The number of ether oxygens (including phenoxy) is 2. The Balaban J connectivity index is 1.89. The summed E-state index contributed by atoms with van der Waals surface area (Å²) in [6, 6.07) is 3.95.